The number of rotatable bonds is 16. The second-order valence-electron chi connectivity index (χ2n) is 11.6. The maximum Gasteiger partial charge on any atom is 0.264 e. The zero-order valence-electron chi connectivity index (χ0n) is 27.6. The van der Waals surface area contributed by atoms with E-state index in [-0.39, 0.29) is 35.4 Å². The van der Waals surface area contributed by atoms with Gasteiger partial charge in [0.1, 0.15) is 18.3 Å². The molecule has 0 unspecified atom stereocenters. The maximum absolute atomic E-state index is 14.7. The molecular formula is C37H42BrN3O5S2. The number of thioether (sulfide) groups is 1. The van der Waals surface area contributed by atoms with Gasteiger partial charge in [-0.25, -0.2) is 8.42 Å². The molecule has 1 atom stereocenters. The van der Waals surface area contributed by atoms with Crippen molar-refractivity contribution in [3.63, 3.8) is 0 Å². The van der Waals surface area contributed by atoms with Gasteiger partial charge in [0.05, 0.1) is 17.2 Å². The van der Waals surface area contributed by atoms with Crippen LogP contribution < -0.4 is 14.4 Å². The normalized spacial score (nSPS) is 12.0. The van der Waals surface area contributed by atoms with Gasteiger partial charge in [0.2, 0.25) is 11.8 Å². The number of sulfonamides is 1. The topological polar surface area (TPSA) is 96.0 Å². The lowest BCUT2D eigenvalue weighted by molar-refractivity contribution is -0.140. The lowest BCUT2D eigenvalue weighted by atomic mass is 10.0. The third-order valence-electron chi connectivity index (χ3n) is 7.56. The first-order valence-corrected chi connectivity index (χ1v) is 19.2. The molecule has 0 bridgehead atoms. The molecule has 0 saturated heterocycles. The van der Waals surface area contributed by atoms with Crippen molar-refractivity contribution >= 4 is 55.2 Å². The maximum atomic E-state index is 14.7. The van der Waals surface area contributed by atoms with Gasteiger partial charge in [-0.15, -0.1) is 11.8 Å². The summed E-state index contributed by atoms with van der Waals surface area (Å²) < 4.78 is 36.6. The molecular weight excluding hydrogens is 710 g/mol. The summed E-state index contributed by atoms with van der Waals surface area (Å²) in [6.45, 7) is 6.05. The Labute approximate surface area is 297 Å². The highest BCUT2D eigenvalue weighted by molar-refractivity contribution is 9.10. The van der Waals surface area contributed by atoms with Gasteiger partial charge in [-0.3, -0.25) is 13.9 Å². The summed E-state index contributed by atoms with van der Waals surface area (Å²) >= 11 is 5.02. The third kappa shape index (κ3) is 9.87. The predicted octanol–water partition coefficient (Wildman–Crippen LogP) is 7.18. The van der Waals surface area contributed by atoms with E-state index in [1.165, 1.54) is 16.7 Å². The van der Waals surface area contributed by atoms with E-state index in [1.54, 1.807) is 48.5 Å². The van der Waals surface area contributed by atoms with E-state index in [4.69, 9.17) is 4.74 Å². The summed E-state index contributed by atoms with van der Waals surface area (Å²) in [7, 11) is -4.27. The number of ether oxygens (including phenoxy) is 1. The predicted molar refractivity (Wildman–Crippen MR) is 197 cm³/mol. The van der Waals surface area contributed by atoms with E-state index >= 15 is 0 Å². The Morgan fingerprint density at radius 3 is 2.21 bits per heavy atom. The Balaban J connectivity index is 1.84. The summed E-state index contributed by atoms with van der Waals surface area (Å²) in [4.78, 5) is 31.1. The summed E-state index contributed by atoms with van der Waals surface area (Å²) in [5.41, 5.74) is 1.88. The summed E-state index contributed by atoms with van der Waals surface area (Å²) in [6, 6.07) is 29.4. The number of halogens is 1. The Morgan fingerprint density at radius 2 is 1.56 bits per heavy atom. The van der Waals surface area contributed by atoms with E-state index in [9.17, 15) is 18.0 Å². The number of benzene rings is 4. The van der Waals surface area contributed by atoms with E-state index < -0.39 is 28.5 Å². The van der Waals surface area contributed by atoms with Crippen molar-refractivity contribution in [3.05, 3.63) is 119 Å². The quantitative estimate of drug-likeness (QED) is 0.122. The molecule has 0 radical (unpaired) electrons. The number of anilines is 1. The third-order valence-corrected chi connectivity index (χ3v) is 10.6. The second-order valence-corrected chi connectivity index (χ2v) is 15.2. The standard InChI is InChI=1S/C37H42BrN3O5S2/c1-5-46-35-17-10-9-16-33(35)41(48(44,45)32-20-18-31(47-4)19-21-32)26-36(42)40(25-29-14-11-15-30(38)22-29)34(37(43)39-24-27(2)3)23-28-12-7-6-8-13-28/h6-22,27,34H,5,23-26H2,1-4H3,(H,39,43)/t34-/m1/s1. The zero-order chi connectivity index (χ0) is 34.7. The first-order chi connectivity index (χ1) is 23.0. The number of nitrogens with zero attached hydrogens (tertiary/aromatic N) is 2. The molecule has 4 aromatic carbocycles. The van der Waals surface area contributed by atoms with E-state index in [0.29, 0.717) is 18.9 Å². The van der Waals surface area contributed by atoms with Crippen LogP contribution in [0.4, 0.5) is 5.69 Å². The molecule has 2 amide bonds. The van der Waals surface area contributed by atoms with Crippen LogP contribution in [0.1, 0.15) is 31.9 Å². The minimum Gasteiger partial charge on any atom is -0.492 e. The number of hydrogen-bond donors (Lipinski definition) is 1. The van der Waals surface area contributed by atoms with Crippen LogP contribution in [0.15, 0.2) is 117 Å². The molecule has 48 heavy (non-hydrogen) atoms. The highest BCUT2D eigenvalue weighted by Gasteiger charge is 2.35. The van der Waals surface area contributed by atoms with E-state index in [0.717, 1.165) is 24.8 Å². The van der Waals surface area contributed by atoms with Crippen LogP contribution >= 0.6 is 27.7 Å². The lowest BCUT2D eigenvalue weighted by Gasteiger charge is -2.34. The fourth-order valence-corrected chi connectivity index (χ4v) is 7.42. The molecule has 4 rings (SSSR count). The van der Waals surface area contributed by atoms with Crippen molar-refractivity contribution in [3.8, 4) is 5.75 Å². The fraction of sp³-hybridized carbons (Fsp3) is 0.297. The second kappa shape index (κ2) is 17.6. The number of para-hydroxylation sites is 2. The summed E-state index contributed by atoms with van der Waals surface area (Å²) in [5, 5.41) is 3.02. The summed E-state index contributed by atoms with van der Waals surface area (Å²) in [6.07, 6.45) is 2.15. The molecule has 0 aromatic heterocycles. The average Bonchev–Trinajstić information content (AvgIpc) is 3.08. The van der Waals surface area contributed by atoms with Gasteiger partial charge in [-0.05, 0) is 78.8 Å². The Morgan fingerprint density at radius 1 is 0.896 bits per heavy atom. The van der Waals surface area contributed by atoms with Crippen molar-refractivity contribution in [2.75, 3.05) is 30.3 Å². The van der Waals surface area contributed by atoms with Crippen molar-refractivity contribution in [1.82, 2.24) is 10.2 Å². The molecule has 0 spiro atoms. The first-order valence-electron chi connectivity index (χ1n) is 15.8. The van der Waals surface area contributed by atoms with Gasteiger partial charge in [-0.1, -0.05) is 84.4 Å². The fourth-order valence-electron chi connectivity index (χ4n) is 5.14. The van der Waals surface area contributed by atoms with Gasteiger partial charge < -0.3 is 15.0 Å². The van der Waals surface area contributed by atoms with Crippen LogP contribution in [0.25, 0.3) is 0 Å². The lowest BCUT2D eigenvalue weighted by Crippen LogP contribution is -2.53. The molecule has 1 N–H and O–H groups in total. The monoisotopic (exact) mass is 751 g/mol. The SMILES string of the molecule is CCOc1ccccc1N(CC(=O)N(Cc1cccc(Br)c1)[C@H](Cc1ccccc1)C(=O)NCC(C)C)S(=O)(=O)c1ccc(SC)cc1. The number of carbonyl (C=O) groups is 2. The highest BCUT2D eigenvalue weighted by Crippen LogP contribution is 2.33. The Bertz CT molecular complexity index is 1770. The number of carbonyl (C=O) groups excluding carboxylic acids is 2. The average molecular weight is 753 g/mol. The minimum absolute atomic E-state index is 0.0356. The first kappa shape index (κ1) is 37.0. The van der Waals surface area contributed by atoms with Crippen LogP contribution in [0, 0.1) is 5.92 Å². The molecule has 0 fully saturated rings. The van der Waals surface area contributed by atoms with Crippen molar-refractivity contribution in [2.45, 2.75) is 49.6 Å². The molecule has 8 nitrogen and oxygen atoms in total. The van der Waals surface area contributed by atoms with Crippen LogP contribution in [-0.2, 0) is 32.6 Å². The van der Waals surface area contributed by atoms with Crippen LogP contribution in [0.2, 0.25) is 0 Å². The Hall–Kier alpha value is -3.80. The summed E-state index contributed by atoms with van der Waals surface area (Å²) in [5.74, 6) is -0.334. The largest absolute Gasteiger partial charge is 0.492 e. The van der Waals surface area contributed by atoms with Crippen LogP contribution in [0.5, 0.6) is 5.75 Å². The minimum atomic E-state index is -4.27. The van der Waals surface area contributed by atoms with Gasteiger partial charge in [-0.2, -0.15) is 0 Å². The van der Waals surface area contributed by atoms with Crippen molar-refractivity contribution < 1.29 is 22.7 Å². The molecule has 0 aliphatic heterocycles. The van der Waals surface area contributed by atoms with E-state index in [1.807, 2.05) is 81.6 Å². The molecule has 0 heterocycles. The highest BCUT2D eigenvalue weighted by atomic mass is 79.9. The van der Waals surface area contributed by atoms with Crippen LogP contribution in [-0.4, -0.2) is 57.1 Å². The molecule has 0 saturated carbocycles. The molecule has 0 aliphatic rings. The van der Waals surface area contributed by atoms with Gasteiger partial charge >= 0.3 is 0 Å². The van der Waals surface area contributed by atoms with Gasteiger partial charge in [0.15, 0.2) is 0 Å². The Kier molecular flexibility index (Phi) is 13.5. The molecule has 4 aromatic rings. The smallest absolute Gasteiger partial charge is 0.264 e. The molecule has 254 valence electrons. The number of nitrogens with one attached hydrogen (secondary N) is 1. The molecule has 11 heteroatoms. The van der Waals surface area contributed by atoms with Gasteiger partial charge in [0, 0.05) is 28.9 Å². The van der Waals surface area contributed by atoms with Gasteiger partial charge in [0.25, 0.3) is 10.0 Å². The number of amides is 2. The molecule has 0 aliphatic carbocycles. The van der Waals surface area contributed by atoms with Crippen molar-refractivity contribution in [1.29, 1.82) is 0 Å². The zero-order valence-corrected chi connectivity index (χ0v) is 30.9. The van der Waals surface area contributed by atoms with E-state index in [2.05, 4.69) is 21.2 Å². The van der Waals surface area contributed by atoms with Crippen LogP contribution in [0.3, 0.4) is 0 Å². The van der Waals surface area contributed by atoms with Crippen molar-refractivity contribution in [2.24, 2.45) is 5.92 Å². The number of hydrogen-bond acceptors (Lipinski definition) is 6.